The topological polar surface area (TPSA) is 76.8 Å². The number of nitrogens with zero attached hydrogens (tertiary/aromatic N) is 2. The summed E-state index contributed by atoms with van der Waals surface area (Å²) in [5, 5.41) is 14.7. The molecule has 0 aliphatic rings. The van der Waals surface area contributed by atoms with Crippen molar-refractivity contribution in [1.82, 2.24) is 0 Å². The molecule has 0 radical (unpaired) electrons. The maximum Gasteiger partial charge on any atom is 0.271 e. The van der Waals surface area contributed by atoms with Gasteiger partial charge in [0.05, 0.1) is 23.4 Å². The standard InChI is InChI=1S/C15H15N3O3/c1-2-21-15-8-6-12(7-9-15)11-16-17-13-4-3-5-14(10-13)18(19)20/h3-11,17H,2H2,1H3/b16-11-. The molecule has 0 aliphatic heterocycles. The molecule has 0 fully saturated rings. The van der Waals surface area contributed by atoms with E-state index in [4.69, 9.17) is 4.74 Å². The summed E-state index contributed by atoms with van der Waals surface area (Å²) >= 11 is 0. The van der Waals surface area contributed by atoms with E-state index < -0.39 is 4.92 Å². The minimum atomic E-state index is -0.443. The van der Waals surface area contributed by atoms with Gasteiger partial charge in [0.1, 0.15) is 5.75 Å². The Morgan fingerprint density at radius 1 is 1.29 bits per heavy atom. The monoisotopic (exact) mass is 285 g/mol. The second kappa shape index (κ2) is 7.04. The molecule has 6 heteroatoms. The molecule has 0 saturated heterocycles. The molecule has 0 spiro atoms. The van der Waals surface area contributed by atoms with Gasteiger partial charge >= 0.3 is 0 Å². The highest BCUT2D eigenvalue weighted by atomic mass is 16.6. The fraction of sp³-hybridized carbons (Fsp3) is 0.133. The number of hydrazone groups is 1. The SMILES string of the molecule is CCOc1ccc(/C=N\Nc2cccc([N+](=O)[O-])c2)cc1. The highest BCUT2D eigenvalue weighted by Gasteiger charge is 2.04. The normalized spacial score (nSPS) is 10.5. The van der Waals surface area contributed by atoms with Gasteiger partial charge in [0.2, 0.25) is 0 Å². The first-order chi connectivity index (χ1) is 10.2. The maximum atomic E-state index is 10.7. The number of nitro groups is 1. The molecule has 0 aromatic heterocycles. The quantitative estimate of drug-likeness (QED) is 0.501. The Labute approximate surface area is 122 Å². The van der Waals surface area contributed by atoms with Gasteiger partial charge in [0.15, 0.2) is 0 Å². The number of anilines is 1. The van der Waals surface area contributed by atoms with Crippen LogP contribution in [0.15, 0.2) is 53.6 Å². The van der Waals surface area contributed by atoms with E-state index in [0.717, 1.165) is 11.3 Å². The van der Waals surface area contributed by atoms with Gasteiger partial charge in [-0.1, -0.05) is 6.07 Å². The highest BCUT2D eigenvalue weighted by Crippen LogP contribution is 2.17. The van der Waals surface area contributed by atoms with Crippen LogP contribution in [-0.4, -0.2) is 17.7 Å². The average Bonchev–Trinajstić information content (AvgIpc) is 2.50. The van der Waals surface area contributed by atoms with Crippen molar-refractivity contribution >= 4 is 17.6 Å². The van der Waals surface area contributed by atoms with Crippen LogP contribution in [0.3, 0.4) is 0 Å². The largest absolute Gasteiger partial charge is 0.494 e. The van der Waals surface area contributed by atoms with E-state index in [-0.39, 0.29) is 5.69 Å². The molecule has 6 nitrogen and oxygen atoms in total. The minimum Gasteiger partial charge on any atom is -0.494 e. The summed E-state index contributed by atoms with van der Waals surface area (Å²) < 4.78 is 5.35. The molecule has 0 aliphatic carbocycles. The maximum absolute atomic E-state index is 10.7. The molecule has 0 unspecified atom stereocenters. The van der Waals surface area contributed by atoms with Gasteiger partial charge in [0, 0.05) is 12.1 Å². The van der Waals surface area contributed by atoms with Crippen LogP contribution in [0.5, 0.6) is 5.75 Å². The van der Waals surface area contributed by atoms with Crippen LogP contribution < -0.4 is 10.2 Å². The van der Waals surface area contributed by atoms with Crippen molar-refractivity contribution in [3.63, 3.8) is 0 Å². The van der Waals surface area contributed by atoms with E-state index in [9.17, 15) is 10.1 Å². The van der Waals surface area contributed by atoms with Crippen molar-refractivity contribution in [1.29, 1.82) is 0 Å². The van der Waals surface area contributed by atoms with Crippen LogP contribution in [0.2, 0.25) is 0 Å². The molecular formula is C15H15N3O3. The fourth-order valence-electron chi connectivity index (χ4n) is 1.69. The number of rotatable bonds is 6. The molecule has 1 N–H and O–H groups in total. The van der Waals surface area contributed by atoms with E-state index in [0.29, 0.717) is 12.3 Å². The van der Waals surface area contributed by atoms with Crippen LogP contribution in [-0.2, 0) is 0 Å². The van der Waals surface area contributed by atoms with E-state index >= 15 is 0 Å². The lowest BCUT2D eigenvalue weighted by Gasteiger charge is -2.02. The van der Waals surface area contributed by atoms with E-state index in [1.165, 1.54) is 12.1 Å². The van der Waals surface area contributed by atoms with Crippen LogP contribution >= 0.6 is 0 Å². The first kappa shape index (κ1) is 14.5. The van der Waals surface area contributed by atoms with E-state index in [1.54, 1.807) is 18.3 Å². The van der Waals surface area contributed by atoms with Crippen LogP contribution in [0.4, 0.5) is 11.4 Å². The van der Waals surface area contributed by atoms with Crippen molar-refractivity contribution in [2.45, 2.75) is 6.92 Å². The Bertz CT molecular complexity index is 639. The van der Waals surface area contributed by atoms with Crippen molar-refractivity contribution in [2.75, 3.05) is 12.0 Å². The van der Waals surface area contributed by atoms with Crippen molar-refractivity contribution in [3.8, 4) is 5.75 Å². The summed E-state index contributed by atoms with van der Waals surface area (Å²) in [5.74, 6) is 0.807. The van der Waals surface area contributed by atoms with Gasteiger partial charge in [0.25, 0.3) is 5.69 Å². The predicted octanol–water partition coefficient (Wildman–Crippen LogP) is 3.44. The van der Waals surface area contributed by atoms with Crippen LogP contribution in [0, 0.1) is 10.1 Å². The molecule has 0 heterocycles. The van der Waals surface area contributed by atoms with Gasteiger partial charge in [-0.05, 0) is 42.8 Å². The lowest BCUT2D eigenvalue weighted by Crippen LogP contribution is -1.94. The number of nitro benzene ring substituents is 1. The molecule has 0 saturated carbocycles. The van der Waals surface area contributed by atoms with Gasteiger partial charge < -0.3 is 4.74 Å². The van der Waals surface area contributed by atoms with Crippen molar-refractivity contribution in [3.05, 3.63) is 64.2 Å². The molecule has 108 valence electrons. The van der Waals surface area contributed by atoms with Crippen molar-refractivity contribution in [2.24, 2.45) is 5.10 Å². The molecule has 2 rings (SSSR count). The molecule has 0 atom stereocenters. The lowest BCUT2D eigenvalue weighted by molar-refractivity contribution is -0.384. The number of hydrogen-bond donors (Lipinski definition) is 1. The number of ether oxygens (including phenoxy) is 1. The summed E-state index contributed by atoms with van der Waals surface area (Å²) in [5.41, 5.74) is 4.25. The lowest BCUT2D eigenvalue weighted by atomic mass is 10.2. The molecule has 0 bridgehead atoms. The second-order valence-corrected chi connectivity index (χ2v) is 4.18. The van der Waals surface area contributed by atoms with Gasteiger partial charge in [-0.25, -0.2) is 0 Å². The second-order valence-electron chi connectivity index (χ2n) is 4.18. The molecule has 21 heavy (non-hydrogen) atoms. The zero-order valence-electron chi connectivity index (χ0n) is 11.5. The number of nitrogens with one attached hydrogen (secondary N) is 1. The van der Waals surface area contributed by atoms with E-state index in [2.05, 4.69) is 10.5 Å². The summed E-state index contributed by atoms with van der Waals surface area (Å²) in [6.07, 6.45) is 1.63. The molecule has 2 aromatic carbocycles. The summed E-state index contributed by atoms with van der Waals surface area (Å²) in [6, 6.07) is 13.6. The predicted molar refractivity (Wildman–Crippen MR) is 81.9 cm³/mol. The first-order valence-corrected chi connectivity index (χ1v) is 6.45. The third-order valence-electron chi connectivity index (χ3n) is 2.66. The zero-order chi connectivity index (χ0) is 15.1. The summed E-state index contributed by atoms with van der Waals surface area (Å²) in [4.78, 5) is 10.2. The van der Waals surface area contributed by atoms with Crippen LogP contribution in [0.1, 0.15) is 12.5 Å². The Balaban J connectivity index is 1.98. The first-order valence-electron chi connectivity index (χ1n) is 6.45. The van der Waals surface area contributed by atoms with Crippen molar-refractivity contribution < 1.29 is 9.66 Å². The zero-order valence-corrected chi connectivity index (χ0v) is 11.5. The molecular weight excluding hydrogens is 270 g/mol. The third-order valence-corrected chi connectivity index (χ3v) is 2.66. The summed E-state index contributed by atoms with van der Waals surface area (Å²) in [7, 11) is 0. The minimum absolute atomic E-state index is 0.0243. The Morgan fingerprint density at radius 3 is 2.71 bits per heavy atom. The Kier molecular flexibility index (Phi) is 4.87. The number of benzene rings is 2. The summed E-state index contributed by atoms with van der Waals surface area (Å²) in [6.45, 7) is 2.56. The van der Waals surface area contributed by atoms with Gasteiger partial charge in [-0.2, -0.15) is 5.10 Å². The number of hydrogen-bond acceptors (Lipinski definition) is 5. The van der Waals surface area contributed by atoms with Crippen LogP contribution in [0.25, 0.3) is 0 Å². The Hall–Kier alpha value is -2.89. The van der Waals surface area contributed by atoms with E-state index in [1.807, 2.05) is 31.2 Å². The Morgan fingerprint density at radius 2 is 2.05 bits per heavy atom. The smallest absolute Gasteiger partial charge is 0.271 e. The highest BCUT2D eigenvalue weighted by molar-refractivity contribution is 5.80. The average molecular weight is 285 g/mol. The third kappa shape index (κ3) is 4.31. The van der Waals surface area contributed by atoms with Gasteiger partial charge in [-0.3, -0.25) is 15.5 Å². The number of non-ortho nitro benzene ring substituents is 1. The molecule has 2 aromatic rings. The van der Waals surface area contributed by atoms with Gasteiger partial charge in [-0.15, -0.1) is 0 Å². The fourth-order valence-corrected chi connectivity index (χ4v) is 1.69. The molecule has 0 amide bonds.